The van der Waals surface area contributed by atoms with E-state index in [4.69, 9.17) is 10.2 Å². The number of hydrogen-bond donors (Lipinski definition) is 3. The van der Waals surface area contributed by atoms with Crippen LogP contribution in [-0.2, 0) is 9.59 Å². The van der Waals surface area contributed by atoms with Crippen LogP contribution in [0.5, 0.6) is 0 Å². The van der Waals surface area contributed by atoms with Crippen LogP contribution >= 0.6 is 0 Å². The Hall–Kier alpha value is -1.83. The first-order chi connectivity index (χ1) is 8.73. The first kappa shape index (κ1) is 17.2. The number of carboxylic acids is 2. The van der Waals surface area contributed by atoms with Gasteiger partial charge in [-0.1, -0.05) is 0 Å². The fourth-order valence-corrected chi connectivity index (χ4v) is 1.36. The molecule has 0 heterocycles. The fraction of sp³-hybridized carbons (Fsp3) is 0.727. The number of amides is 2. The number of nitrogens with zero attached hydrogens (tertiary/aromatic N) is 2. The van der Waals surface area contributed by atoms with E-state index in [1.165, 1.54) is 11.9 Å². The Bertz CT molecular complexity index is 332. The van der Waals surface area contributed by atoms with Gasteiger partial charge in [-0.2, -0.15) is 0 Å². The van der Waals surface area contributed by atoms with Crippen molar-refractivity contribution in [2.24, 2.45) is 0 Å². The smallest absolute Gasteiger partial charge is 0.326 e. The van der Waals surface area contributed by atoms with Crippen LogP contribution in [0, 0.1) is 0 Å². The number of rotatable bonds is 8. The normalized spacial score (nSPS) is 12.0. The maximum Gasteiger partial charge on any atom is 0.326 e. The molecule has 3 N–H and O–H groups in total. The predicted molar refractivity (Wildman–Crippen MR) is 68.0 cm³/mol. The van der Waals surface area contributed by atoms with E-state index in [1.54, 1.807) is 0 Å². The van der Waals surface area contributed by atoms with Gasteiger partial charge in [0.1, 0.15) is 6.04 Å². The molecule has 0 aromatic rings. The SMILES string of the molecule is CN(C)CCCN(C)C(=O)N[C@@H](CC(=O)O)C(=O)O. The highest BCUT2D eigenvalue weighted by Gasteiger charge is 2.24. The lowest BCUT2D eigenvalue weighted by atomic mass is 10.2. The van der Waals surface area contributed by atoms with E-state index in [9.17, 15) is 14.4 Å². The monoisotopic (exact) mass is 275 g/mol. The molecule has 8 nitrogen and oxygen atoms in total. The minimum absolute atomic E-state index is 0.462. The summed E-state index contributed by atoms with van der Waals surface area (Å²) in [7, 11) is 5.35. The van der Waals surface area contributed by atoms with Crippen molar-refractivity contribution in [2.75, 3.05) is 34.2 Å². The van der Waals surface area contributed by atoms with Crippen molar-refractivity contribution < 1.29 is 24.6 Å². The second kappa shape index (κ2) is 8.30. The van der Waals surface area contributed by atoms with E-state index in [2.05, 4.69) is 5.32 Å². The molecule has 0 fully saturated rings. The van der Waals surface area contributed by atoms with E-state index < -0.39 is 30.4 Å². The summed E-state index contributed by atoms with van der Waals surface area (Å²) in [6.45, 7) is 1.26. The third-order valence-electron chi connectivity index (χ3n) is 2.42. The van der Waals surface area contributed by atoms with E-state index in [0.29, 0.717) is 6.54 Å². The standard InChI is InChI=1S/C11H21N3O5/c1-13(2)5-4-6-14(3)11(19)12-8(10(17)18)7-9(15)16/h8H,4-7H2,1-3H3,(H,12,19)(H,15,16)(H,17,18)/t8-/m0/s1. The summed E-state index contributed by atoms with van der Waals surface area (Å²) in [6, 6.07) is -2.01. The van der Waals surface area contributed by atoms with Crippen LogP contribution in [0.25, 0.3) is 0 Å². The molecule has 0 unspecified atom stereocenters. The van der Waals surface area contributed by atoms with Crippen LogP contribution in [0.4, 0.5) is 4.79 Å². The second-order valence-corrected chi connectivity index (χ2v) is 4.52. The van der Waals surface area contributed by atoms with Gasteiger partial charge in [0.05, 0.1) is 6.42 Å². The molecule has 0 saturated carbocycles. The Morgan fingerprint density at radius 1 is 1.11 bits per heavy atom. The third kappa shape index (κ3) is 7.98. The third-order valence-corrected chi connectivity index (χ3v) is 2.42. The molecule has 110 valence electrons. The first-order valence-corrected chi connectivity index (χ1v) is 5.85. The maximum atomic E-state index is 11.7. The molecule has 8 heteroatoms. The van der Waals surface area contributed by atoms with Crippen molar-refractivity contribution in [3.8, 4) is 0 Å². The number of nitrogens with one attached hydrogen (secondary N) is 1. The molecular formula is C11H21N3O5. The van der Waals surface area contributed by atoms with Gasteiger partial charge in [0.25, 0.3) is 0 Å². The quantitative estimate of drug-likeness (QED) is 0.551. The molecule has 1 atom stereocenters. The van der Waals surface area contributed by atoms with Crippen molar-refractivity contribution in [3.63, 3.8) is 0 Å². The molecule has 0 aromatic carbocycles. The Kier molecular flexibility index (Phi) is 7.50. The fourth-order valence-electron chi connectivity index (χ4n) is 1.36. The number of urea groups is 1. The molecule has 0 aromatic heterocycles. The molecule has 0 aliphatic heterocycles. The average Bonchev–Trinajstić information content (AvgIpc) is 2.26. The zero-order chi connectivity index (χ0) is 15.0. The average molecular weight is 275 g/mol. The molecular weight excluding hydrogens is 254 g/mol. The first-order valence-electron chi connectivity index (χ1n) is 5.85. The van der Waals surface area contributed by atoms with Gasteiger partial charge in [-0.25, -0.2) is 9.59 Å². The Morgan fingerprint density at radius 3 is 2.11 bits per heavy atom. The lowest BCUT2D eigenvalue weighted by molar-refractivity contribution is -0.145. The predicted octanol–water partition coefficient (Wildman–Crippen LogP) is -0.493. The maximum absolute atomic E-state index is 11.7. The van der Waals surface area contributed by atoms with Gasteiger partial charge in [0, 0.05) is 13.6 Å². The van der Waals surface area contributed by atoms with Crippen molar-refractivity contribution in [1.29, 1.82) is 0 Å². The molecule has 0 rings (SSSR count). The zero-order valence-electron chi connectivity index (χ0n) is 11.4. The minimum Gasteiger partial charge on any atom is -0.481 e. The van der Waals surface area contributed by atoms with Crippen LogP contribution in [0.2, 0.25) is 0 Å². The second-order valence-electron chi connectivity index (χ2n) is 4.52. The van der Waals surface area contributed by atoms with Crippen molar-refractivity contribution >= 4 is 18.0 Å². The van der Waals surface area contributed by atoms with E-state index in [1.807, 2.05) is 19.0 Å². The molecule has 0 spiro atoms. The van der Waals surface area contributed by atoms with Gasteiger partial charge >= 0.3 is 18.0 Å². The van der Waals surface area contributed by atoms with Gasteiger partial charge in [0.2, 0.25) is 0 Å². The Balaban J connectivity index is 4.23. The minimum atomic E-state index is -1.42. The lowest BCUT2D eigenvalue weighted by Gasteiger charge is -2.21. The largest absolute Gasteiger partial charge is 0.481 e. The van der Waals surface area contributed by atoms with E-state index in [0.717, 1.165) is 13.0 Å². The summed E-state index contributed by atoms with van der Waals surface area (Å²) >= 11 is 0. The molecule has 0 aliphatic rings. The van der Waals surface area contributed by atoms with Crippen LogP contribution in [0.3, 0.4) is 0 Å². The Labute approximate surface area is 112 Å². The van der Waals surface area contributed by atoms with Crippen LogP contribution < -0.4 is 5.32 Å². The van der Waals surface area contributed by atoms with Crippen molar-refractivity contribution in [2.45, 2.75) is 18.9 Å². The number of hydrogen-bond acceptors (Lipinski definition) is 4. The topological polar surface area (TPSA) is 110 Å². The van der Waals surface area contributed by atoms with Crippen LogP contribution in [0.1, 0.15) is 12.8 Å². The highest BCUT2D eigenvalue weighted by Crippen LogP contribution is 1.96. The van der Waals surface area contributed by atoms with Gasteiger partial charge in [0.15, 0.2) is 0 Å². The van der Waals surface area contributed by atoms with Crippen molar-refractivity contribution in [3.05, 3.63) is 0 Å². The van der Waals surface area contributed by atoms with E-state index >= 15 is 0 Å². The molecule has 0 bridgehead atoms. The Morgan fingerprint density at radius 2 is 1.68 bits per heavy atom. The summed E-state index contributed by atoms with van der Waals surface area (Å²) in [4.78, 5) is 36.2. The van der Waals surface area contributed by atoms with Crippen molar-refractivity contribution in [1.82, 2.24) is 15.1 Å². The summed E-state index contributed by atoms with van der Waals surface area (Å²) in [5.41, 5.74) is 0. The zero-order valence-corrected chi connectivity index (χ0v) is 11.4. The molecule has 19 heavy (non-hydrogen) atoms. The highest BCUT2D eigenvalue weighted by atomic mass is 16.4. The summed E-state index contributed by atoms with van der Waals surface area (Å²) in [5, 5.41) is 19.5. The number of aliphatic carboxylic acids is 2. The molecule has 0 radical (unpaired) electrons. The molecule has 0 aliphatic carbocycles. The summed E-state index contributed by atoms with van der Waals surface area (Å²) < 4.78 is 0. The van der Waals surface area contributed by atoms with Gasteiger partial charge in [-0.15, -0.1) is 0 Å². The van der Waals surface area contributed by atoms with E-state index in [-0.39, 0.29) is 0 Å². The summed E-state index contributed by atoms with van der Waals surface area (Å²) in [5.74, 6) is -2.64. The molecule has 0 saturated heterocycles. The number of carbonyl (C=O) groups excluding carboxylic acids is 1. The van der Waals surface area contributed by atoms with Gasteiger partial charge < -0.3 is 25.3 Å². The van der Waals surface area contributed by atoms with Gasteiger partial charge in [-0.3, -0.25) is 4.79 Å². The lowest BCUT2D eigenvalue weighted by Crippen LogP contribution is -2.48. The number of carboxylic acid groups (broad SMARTS) is 2. The van der Waals surface area contributed by atoms with Crippen LogP contribution in [-0.4, -0.2) is 78.3 Å². The summed E-state index contributed by atoms with van der Waals surface area (Å²) in [6.07, 6.45) is 0.0974. The van der Waals surface area contributed by atoms with Gasteiger partial charge in [-0.05, 0) is 27.1 Å². The molecule has 2 amide bonds. The number of carbonyl (C=O) groups is 3. The van der Waals surface area contributed by atoms with Crippen LogP contribution in [0.15, 0.2) is 0 Å². The highest BCUT2D eigenvalue weighted by molar-refractivity contribution is 5.86.